The number of carbonyl (C=O) groups excluding carboxylic acids is 1. The van der Waals surface area contributed by atoms with Crippen LogP contribution in [-0.2, 0) is 9.59 Å². The number of nitrogens with zero attached hydrogens (tertiary/aromatic N) is 3. The fraction of sp³-hybridized carbons (Fsp3) is 0.500. The number of aromatic nitrogens is 1. The number of anilines is 1. The van der Waals surface area contributed by atoms with Gasteiger partial charge in [0.2, 0.25) is 5.91 Å². The van der Waals surface area contributed by atoms with E-state index in [9.17, 15) is 9.59 Å². The maximum Gasteiger partial charge on any atom is 0.303 e. The van der Waals surface area contributed by atoms with Crippen LogP contribution >= 0.6 is 11.6 Å². The van der Waals surface area contributed by atoms with Gasteiger partial charge in [0.05, 0.1) is 0 Å². The zero-order chi connectivity index (χ0) is 15.2. The third kappa shape index (κ3) is 4.60. The minimum absolute atomic E-state index is 0.0231. The molecule has 6 nitrogen and oxygen atoms in total. The fourth-order valence-electron chi connectivity index (χ4n) is 2.30. The fourth-order valence-corrected chi connectivity index (χ4v) is 2.45. The maximum absolute atomic E-state index is 12.0. The quantitative estimate of drug-likeness (QED) is 0.895. The Balaban J connectivity index is 1.80. The van der Waals surface area contributed by atoms with Crippen LogP contribution in [0.3, 0.4) is 0 Å². The smallest absolute Gasteiger partial charge is 0.303 e. The lowest BCUT2D eigenvalue weighted by atomic mass is 10.2. The first-order chi connectivity index (χ1) is 10.1. The first-order valence-corrected chi connectivity index (χ1v) is 7.30. The number of carbonyl (C=O) groups is 2. The molecule has 7 heteroatoms. The number of rotatable bonds is 5. The molecule has 0 atom stereocenters. The summed E-state index contributed by atoms with van der Waals surface area (Å²) < 4.78 is 0. The number of piperazine rings is 1. The Bertz CT molecular complexity index is 516. The highest BCUT2D eigenvalue weighted by Crippen LogP contribution is 2.18. The van der Waals surface area contributed by atoms with Gasteiger partial charge in [-0.05, 0) is 18.6 Å². The predicted molar refractivity (Wildman–Crippen MR) is 79.5 cm³/mol. The Morgan fingerprint density at radius 1 is 1.24 bits per heavy atom. The standard InChI is InChI=1S/C14H18ClN3O3/c15-11-4-5-16-12(10-11)17-6-8-18(9-7-17)13(19)2-1-3-14(20)21/h4-5,10H,1-3,6-9H2,(H,20,21). The van der Waals surface area contributed by atoms with Gasteiger partial charge in [-0.15, -0.1) is 0 Å². The summed E-state index contributed by atoms with van der Waals surface area (Å²) in [6, 6.07) is 3.54. The van der Waals surface area contributed by atoms with Crippen molar-refractivity contribution in [3.8, 4) is 0 Å². The van der Waals surface area contributed by atoms with E-state index >= 15 is 0 Å². The lowest BCUT2D eigenvalue weighted by Gasteiger charge is -2.35. The van der Waals surface area contributed by atoms with Gasteiger partial charge >= 0.3 is 5.97 Å². The van der Waals surface area contributed by atoms with Gasteiger partial charge in [0.15, 0.2) is 0 Å². The minimum atomic E-state index is -0.861. The lowest BCUT2D eigenvalue weighted by Crippen LogP contribution is -2.49. The largest absolute Gasteiger partial charge is 0.481 e. The number of carboxylic acids is 1. The molecule has 0 aliphatic carbocycles. The topological polar surface area (TPSA) is 73.7 Å². The molecule has 0 bridgehead atoms. The van der Waals surface area contributed by atoms with E-state index in [1.165, 1.54) is 0 Å². The number of hydrogen-bond donors (Lipinski definition) is 1. The predicted octanol–water partition coefficient (Wildman–Crippen LogP) is 1.64. The van der Waals surface area contributed by atoms with Crippen molar-refractivity contribution < 1.29 is 14.7 Å². The van der Waals surface area contributed by atoms with E-state index in [1.807, 2.05) is 6.07 Å². The molecule has 1 aliphatic heterocycles. The number of aliphatic carboxylic acids is 1. The zero-order valence-corrected chi connectivity index (χ0v) is 12.4. The average molecular weight is 312 g/mol. The first-order valence-electron chi connectivity index (χ1n) is 6.92. The van der Waals surface area contributed by atoms with Gasteiger partial charge in [-0.2, -0.15) is 0 Å². The summed E-state index contributed by atoms with van der Waals surface area (Å²) in [5, 5.41) is 9.22. The summed E-state index contributed by atoms with van der Waals surface area (Å²) in [5.74, 6) is -0.0184. The highest BCUT2D eigenvalue weighted by atomic mass is 35.5. The normalized spacial score (nSPS) is 15.1. The third-order valence-electron chi connectivity index (χ3n) is 3.45. The summed E-state index contributed by atoms with van der Waals surface area (Å²) in [6.45, 7) is 2.66. The van der Waals surface area contributed by atoms with Crippen LogP contribution in [0.4, 0.5) is 5.82 Å². The van der Waals surface area contributed by atoms with Crippen LogP contribution < -0.4 is 4.90 Å². The molecule has 0 radical (unpaired) electrons. The van der Waals surface area contributed by atoms with Crippen LogP contribution in [0.15, 0.2) is 18.3 Å². The molecule has 21 heavy (non-hydrogen) atoms. The molecule has 1 amide bonds. The van der Waals surface area contributed by atoms with Gasteiger partial charge in [0.1, 0.15) is 5.82 Å². The molecule has 0 saturated carbocycles. The molecule has 1 aromatic heterocycles. The van der Waals surface area contributed by atoms with Crippen molar-refractivity contribution in [1.29, 1.82) is 0 Å². The Hall–Kier alpha value is -1.82. The van der Waals surface area contributed by atoms with Crippen LogP contribution in [0.1, 0.15) is 19.3 Å². The molecule has 114 valence electrons. The monoisotopic (exact) mass is 311 g/mol. The van der Waals surface area contributed by atoms with E-state index in [1.54, 1.807) is 17.2 Å². The molecule has 1 N–H and O–H groups in total. The minimum Gasteiger partial charge on any atom is -0.481 e. The number of hydrogen-bond acceptors (Lipinski definition) is 4. The summed E-state index contributed by atoms with van der Waals surface area (Å²) >= 11 is 5.95. The van der Waals surface area contributed by atoms with E-state index in [4.69, 9.17) is 16.7 Å². The van der Waals surface area contributed by atoms with Crippen molar-refractivity contribution >= 4 is 29.3 Å². The van der Waals surface area contributed by atoms with Crippen LogP contribution in [0.25, 0.3) is 0 Å². The molecule has 2 heterocycles. The summed E-state index contributed by atoms with van der Waals surface area (Å²) in [5.41, 5.74) is 0. The zero-order valence-electron chi connectivity index (χ0n) is 11.7. The van der Waals surface area contributed by atoms with Crippen molar-refractivity contribution in [1.82, 2.24) is 9.88 Å². The van der Waals surface area contributed by atoms with Crippen molar-refractivity contribution in [2.24, 2.45) is 0 Å². The second-order valence-corrected chi connectivity index (χ2v) is 5.38. The highest BCUT2D eigenvalue weighted by Gasteiger charge is 2.21. The Labute approximate surface area is 128 Å². The van der Waals surface area contributed by atoms with Crippen molar-refractivity contribution in [3.05, 3.63) is 23.4 Å². The number of pyridine rings is 1. The summed E-state index contributed by atoms with van der Waals surface area (Å²) in [6.07, 6.45) is 2.39. The van der Waals surface area contributed by atoms with Gasteiger partial charge in [0.25, 0.3) is 0 Å². The molecule has 1 aromatic rings. The Morgan fingerprint density at radius 3 is 2.57 bits per heavy atom. The average Bonchev–Trinajstić information content (AvgIpc) is 2.47. The Kier molecular flexibility index (Phi) is 5.38. The van der Waals surface area contributed by atoms with Crippen LogP contribution in [0.2, 0.25) is 5.02 Å². The third-order valence-corrected chi connectivity index (χ3v) is 3.68. The number of carboxylic acid groups (broad SMARTS) is 1. The van der Waals surface area contributed by atoms with Crippen LogP contribution in [0, 0.1) is 0 Å². The molecule has 1 saturated heterocycles. The summed E-state index contributed by atoms with van der Waals surface area (Å²) in [7, 11) is 0. The molecule has 1 fully saturated rings. The highest BCUT2D eigenvalue weighted by molar-refractivity contribution is 6.30. The second kappa shape index (κ2) is 7.26. The van der Waals surface area contributed by atoms with Gasteiger partial charge in [-0.1, -0.05) is 11.6 Å². The van der Waals surface area contributed by atoms with E-state index in [0.29, 0.717) is 44.0 Å². The van der Waals surface area contributed by atoms with Gasteiger partial charge in [-0.3, -0.25) is 9.59 Å². The van der Waals surface area contributed by atoms with Gasteiger partial charge < -0.3 is 14.9 Å². The molecule has 0 unspecified atom stereocenters. The van der Waals surface area contributed by atoms with Crippen molar-refractivity contribution in [3.63, 3.8) is 0 Å². The van der Waals surface area contributed by atoms with Crippen molar-refractivity contribution in [2.75, 3.05) is 31.1 Å². The SMILES string of the molecule is O=C(O)CCCC(=O)N1CCN(c2cc(Cl)ccn2)CC1. The Morgan fingerprint density at radius 2 is 1.95 bits per heavy atom. The van der Waals surface area contributed by atoms with E-state index in [0.717, 1.165) is 5.82 Å². The van der Waals surface area contributed by atoms with Gasteiger partial charge in [0, 0.05) is 50.2 Å². The number of amides is 1. The molecular weight excluding hydrogens is 294 g/mol. The first kappa shape index (κ1) is 15.6. The van der Waals surface area contributed by atoms with Crippen LogP contribution in [0.5, 0.6) is 0 Å². The maximum atomic E-state index is 12.0. The second-order valence-electron chi connectivity index (χ2n) is 4.95. The summed E-state index contributed by atoms with van der Waals surface area (Å²) in [4.78, 5) is 30.5. The van der Waals surface area contributed by atoms with E-state index < -0.39 is 5.97 Å². The molecule has 1 aliphatic rings. The molecular formula is C14H18ClN3O3. The lowest BCUT2D eigenvalue weighted by molar-refractivity contribution is -0.137. The van der Waals surface area contributed by atoms with E-state index in [-0.39, 0.29) is 12.3 Å². The molecule has 0 aromatic carbocycles. The number of halogens is 1. The van der Waals surface area contributed by atoms with Crippen molar-refractivity contribution in [2.45, 2.75) is 19.3 Å². The van der Waals surface area contributed by atoms with Gasteiger partial charge in [-0.25, -0.2) is 4.98 Å². The van der Waals surface area contributed by atoms with Crippen LogP contribution in [-0.4, -0.2) is 53.0 Å². The molecule has 2 rings (SSSR count). The molecule has 0 spiro atoms. The van der Waals surface area contributed by atoms with E-state index in [2.05, 4.69) is 9.88 Å².